The van der Waals surface area contributed by atoms with Gasteiger partial charge in [-0.1, -0.05) is 30.3 Å². The molecule has 2 aliphatic heterocycles. The Kier molecular flexibility index (Phi) is 5.56. The maximum atomic E-state index is 12.8. The lowest BCUT2D eigenvalue weighted by molar-refractivity contribution is -0.146. The smallest absolute Gasteiger partial charge is 0.246 e. The lowest BCUT2D eigenvalue weighted by atomic mass is 9.97. The van der Waals surface area contributed by atoms with Crippen LogP contribution in [0.5, 0.6) is 0 Å². The third-order valence-electron chi connectivity index (χ3n) is 5.19. The number of fused-ring (bicyclic) bond motifs is 1. The Morgan fingerprint density at radius 2 is 1.88 bits per heavy atom. The number of piperidine rings is 1. The van der Waals surface area contributed by atoms with Crippen LogP contribution in [-0.2, 0) is 20.9 Å². The Morgan fingerprint density at radius 3 is 2.58 bits per heavy atom. The van der Waals surface area contributed by atoms with Gasteiger partial charge < -0.3 is 21.3 Å². The number of amides is 3. The fourth-order valence-electron chi connectivity index (χ4n) is 3.76. The molecule has 2 heterocycles. The fraction of sp³-hybridized carbons (Fsp3) is 0.526. The van der Waals surface area contributed by atoms with Gasteiger partial charge in [-0.05, 0) is 38.2 Å². The molecular formula is C19H26N4O3. The van der Waals surface area contributed by atoms with Gasteiger partial charge in [0.2, 0.25) is 17.7 Å². The first-order valence-electron chi connectivity index (χ1n) is 9.17. The van der Waals surface area contributed by atoms with E-state index in [1.165, 1.54) is 0 Å². The van der Waals surface area contributed by atoms with Crippen LogP contribution >= 0.6 is 0 Å². The Balaban J connectivity index is 1.63. The summed E-state index contributed by atoms with van der Waals surface area (Å²) in [4.78, 5) is 39.0. The second-order valence-corrected chi connectivity index (χ2v) is 7.12. The number of hydrogen-bond acceptors (Lipinski definition) is 4. The van der Waals surface area contributed by atoms with Gasteiger partial charge in [-0.3, -0.25) is 14.4 Å². The van der Waals surface area contributed by atoms with Crippen molar-refractivity contribution in [2.24, 2.45) is 5.73 Å². The van der Waals surface area contributed by atoms with Gasteiger partial charge in [0.1, 0.15) is 12.1 Å². The molecule has 140 valence electrons. The number of rotatable bonds is 5. The zero-order valence-electron chi connectivity index (χ0n) is 15.0. The van der Waals surface area contributed by atoms with Gasteiger partial charge in [-0.15, -0.1) is 0 Å². The average molecular weight is 358 g/mol. The maximum Gasteiger partial charge on any atom is 0.246 e. The summed E-state index contributed by atoms with van der Waals surface area (Å²) in [5.41, 5.74) is 6.59. The van der Waals surface area contributed by atoms with E-state index < -0.39 is 18.1 Å². The number of carbonyl (C=O) groups excluding carboxylic acids is 3. The van der Waals surface area contributed by atoms with Gasteiger partial charge in [0.15, 0.2) is 0 Å². The molecule has 2 fully saturated rings. The quantitative estimate of drug-likeness (QED) is 0.703. The highest BCUT2D eigenvalue weighted by Crippen LogP contribution is 2.32. The molecule has 0 unspecified atom stereocenters. The SMILES string of the molecule is C[C@H](N)C(=O)N[C@H]1CC[C@@H]2CC[C@@H](C(=O)NCc3ccccc3)N2C1=O. The van der Waals surface area contributed by atoms with E-state index in [9.17, 15) is 14.4 Å². The molecule has 0 aliphatic carbocycles. The molecule has 7 nitrogen and oxygen atoms in total. The molecule has 0 radical (unpaired) electrons. The fourth-order valence-corrected chi connectivity index (χ4v) is 3.76. The summed E-state index contributed by atoms with van der Waals surface area (Å²) in [6, 6.07) is 8.03. The predicted octanol–water partition coefficient (Wildman–Crippen LogP) is 0.288. The Hall–Kier alpha value is -2.41. The lowest BCUT2D eigenvalue weighted by Gasteiger charge is -2.38. The van der Waals surface area contributed by atoms with Crippen molar-refractivity contribution in [3.63, 3.8) is 0 Å². The van der Waals surface area contributed by atoms with Crippen molar-refractivity contribution in [1.82, 2.24) is 15.5 Å². The largest absolute Gasteiger partial charge is 0.350 e. The monoisotopic (exact) mass is 358 g/mol. The van der Waals surface area contributed by atoms with Gasteiger partial charge in [0.25, 0.3) is 0 Å². The summed E-state index contributed by atoms with van der Waals surface area (Å²) in [7, 11) is 0. The van der Waals surface area contributed by atoms with Gasteiger partial charge in [-0.2, -0.15) is 0 Å². The summed E-state index contributed by atoms with van der Waals surface area (Å²) >= 11 is 0. The average Bonchev–Trinajstić information content (AvgIpc) is 3.07. The third-order valence-corrected chi connectivity index (χ3v) is 5.19. The van der Waals surface area contributed by atoms with Gasteiger partial charge >= 0.3 is 0 Å². The normalized spacial score (nSPS) is 26.2. The molecule has 4 atom stereocenters. The summed E-state index contributed by atoms with van der Waals surface area (Å²) in [5, 5.41) is 5.64. The van der Waals surface area contributed by atoms with E-state index in [1.54, 1.807) is 11.8 Å². The van der Waals surface area contributed by atoms with E-state index in [0.29, 0.717) is 19.4 Å². The van der Waals surface area contributed by atoms with Crippen LogP contribution in [0.3, 0.4) is 0 Å². The zero-order valence-corrected chi connectivity index (χ0v) is 15.0. The van der Waals surface area contributed by atoms with E-state index in [-0.39, 0.29) is 23.8 Å². The Bertz CT molecular complexity index is 677. The molecule has 0 spiro atoms. The first kappa shape index (κ1) is 18.4. The molecule has 2 saturated heterocycles. The molecule has 1 aromatic rings. The predicted molar refractivity (Wildman–Crippen MR) is 96.8 cm³/mol. The van der Waals surface area contributed by atoms with Gasteiger partial charge in [-0.25, -0.2) is 0 Å². The van der Waals surface area contributed by atoms with Crippen LogP contribution in [-0.4, -0.2) is 46.8 Å². The summed E-state index contributed by atoms with van der Waals surface area (Å²) in [6.07, 6.45) is 2.86. The standard InChI is InChI=1S/C19H26N4O3/c1-12(20)17(24)22-15-9-7-14-8-10-16(23(14)19(15)26)18(25)21-11-13-5-3-2-4-6-13/h2-6,12,14-16H,7-11,20H2,1H3,(H,21,25)(H,22,24)/t12-,14+,15-,16-/m0/s1. The highest BCUT2D eigenvalue weighted by Gasteiger charge is 2.46. The number of nitrogens with zero attached hydrogens (tertiary/aromatic N) is 1. The maximum absolute atomic E-state index is 12.8. The minimum absolute atomic E-state index is 0.0819. The molecule has 3 rings (SSSR count). The van der Waals surface area contributed by atoms with Gasteiger partial charge in [0, 0.05) is 12.6 Å². The number of hydrogen-bond donors (Lipinski definition) is 3. The van der Waals surface area contributed by atoms with Crippen molar-refractivity contribution in [2.45, 2.75) is 63.3 Å². The molecule has 0 aromatic heterocycles. The summed E-state index contributed by atoms with van der Waals surface area (Å²) in [6.45, 7) is 2.02. The Morgan fingerprint density at radius 1 is 1.19 bits per heavy atom. The van der Waals surface area contributed by atoms with Gasteiger partial charge in [0.05, 0.1) is 6.04 Å². The Labute approximate surface area is 153 Å². The van der Waals surface area contributed by atoms with E-state index in [2.05, 4.69) is 10.6 Å². The first-order valence-corrected chi connectivity index (χ1v) is 9.17. The van der Waals surface area contributed by atoms with Crippen LogP contribution in [0.2, 0.25) is 0 Å². The first-order chi connectivity index (χ1) is 12.5. The second-order valence-electron chi connectivity index (χ2n) is 7.12. The van der Waals surface area contributed by atoms with Crippen LogP contribution in [0, 0.1) is 0 Å². The van der Waals surface area contributed by atoms with E-state index in [0.717, 1.165) is 18.4 Å². The summed E-state index contributed by atoms with van der Waals surface area (Å²) < 4.78 is 0. The molecule has 0 saturated carbocycles. The van der Waals surface area contributed by atoms with Crippen LogP contribution < -0.4 is 16.4 Å². The lowest BCUT2D eigenvalue weighted by Crippen LogP contribution is -2.59. The van der Waals surface area contributed by atoms with Crippen molar-refractivity contribution in [1.29, 1.82) is 0 Å². The molecule has 7 heteroatoms. The summed E-state index contributed by atoms with van der Waals surface area (Å²) in [5.74, 6) is -0.650. The van der Waals surface area contributed by atoms with E-state index in [1.807, 2.05) is 30.3 Å². The topological polar surface area (TPSA) is 105 Å². The molecule has 0 bridgehead atoms. The van der Waals surface area contributed by atoms with Crippen molar-refractivity contribution in [3.05, 3.63) is 35.9 Å². The van der Waals surface area contributed by atoms with Crippen molar-refractivity contribution in [3.8, 4) is 0 Å². The second kappa shape index (κ2) is 7.86. The third kappa shape index (κ3) is 3.88. The molecule has 4 N–H and O–H groups in total. The highest BCUT2D eigenvalue weighted by atomic mass is 16.2. The molecular weight excluding hydrogens is 332 g/mol. The van der Waals surface area contributed by atoms with Crippen LogP contribution in [0.1, 0.15) is 38.2 Å². The number of carbonyl (C=O) groups is 3. The van der Waals surface area contributed by atoms with Crippen molar-refractivity contribution < 1.29 is 14.4 Å². The molecule has 3 amide bonds. The van der Waals surface area contributed by atoms with Crippen LogP contribution in [0.25, 0.3) is 0 Å². The minimum atomic E-state index is -0.663. The highest BCUT2D eigenvalue weighted by molar-refractivity contribution is 5.94. The zero-order chi connectivity index (χ0) is 18.7. The van der Waals surface area contributed by atoms with E-state index in [4.69, 9.17) is 5.73 Å². The number of benzene rings is 1. The molecule has 2 aliphatic rings. The van der Waals surface area contributed by atoms with Crippen LogP contribution in [0.4, 0.5) is 0 Å². The number of nitrogens with two attached hydrogens (primary N) is 1. The molecule has 1 aromatic carbocycles. The molecule has 26 heavy (non-hydrogen) atoms. The van der Waals surface area contributed by atoms with E-state index >= 15 is 0 Å². The number of nitrogens with one attached hydrogen (secondary N) is 2. The minimum Gasteiger partial charge on any atom is -0.350 e. The van der Waals surface area contributed by atoms with Crippen molar-refractivity contribution >= 4 is 17.7 Å². The van der Waals surface area contributed by atoms with Crippen LogP contribution in [0.15, 0.2) is 30.3 Å². The van der Waals surface area contributed by atoms with Crippen molar-refractivity contribution in [2.75, 3.05) is 0 Å².